The number of benzene rings is 1. The van der Waals surface area contributed by atoms with E-state index in [1.165, 1.54) is 12.8 Å². The molecule has 3 fully saturated rings. The van der Waals surface area contributed by atoms with Crippen LogP contribution in [0.5, 0.6) is 0 Å². The maximum absolute atomic E-state index is 11.5. The van der Waals surface area contributed by atoms with Gasteiger partial charge in [0.05, 0.1) is 11.5 Å². The van der Waals surface area contributed by atoms with E-state index in [-0.39, 0.29) is 6.04 Å². The van der Waals surface area contributed by atoms with E-state index in [1.54, 1.807) is 6.07 Å². The van der Waals surface area contributed by atoms with E-state index in [0.29, 0.717) is 27.9 Å². The largest absolute Gasteiger partial charge is 0.481 e. The molecule has 2 atom stereocenters. The van der Waals surface area contributed by atoms with Gasteiger partial charge in [-0.05, 0) is 94.2 Å². The molecule has 1 saturated carbocycles. The van der Waals surface area contributed by atoms with Crippen molar-refractivity contribution in [2.75, 3.05) is 31.1 Å². The van der Waals surface area contributed by atoms with E-state index in [1.807, 2.05) is 30.7 Å². The minimum absolute atomic E-state index is 0.140. The summed E-state index contributed by atoms with van der Waals surface area (Å²) in [6, 6.07) is 7.92. The summed E-state index contributed by atoms with van der Waals surface area (Å²) in [6.45, 7) is 10.2. The van der Waals surface area contributed by atoms with Gasteiger partial charge in [0, 0.05) is 35.7 Å². The minimum Gasteiger partial charge on any atom is -0.481 e. The Labute approximate surface area is 232 Å². The number of pyridine rings is 1. The van der Waals surface area contributed by atoms with Gasteiger partial charge < -0.3 is 14.9 Å². The Morgan fingerprint density at radius 3 is 2.63 bits per heavy atom. The second-order valence-corrected chi connectivity index (χ2v) is 12.7. The van der Waals surface area contributed by atoms with Crippen LogP contribution in [0.15, 0.2) is 24.3 Å². The number of halogens is 2. The van der Waals surface area contributed by atoms with E-state index < -0.39 is 11.4 Å². The lowest BCUT2D eigenvalue weighted by Gasteiger charge is -2.52. The third-order valence-electron chi connectivity index (χ3n) is 9.18. The molecule has 0 radical (unpaired) electrons. The summed E-state index contributed by atoms with van der Waals surface area (Å²) in [4.78, 5) is 21.5. The summed E-state index contributed by atoms with van der Waals surface area (Å²) in [5.41, 5.74) is 3.01. The number of hydrogen-bond donors (Lipinski definition) is 1. The van der Waals surface area contributed by atoms with Crippen molar-refractivity contribution < 1.29 is 9.90 Å². The third-order valence-corrected chi connectivity index (χ3v) is 9.75. The average Bonchev–Trinajstić information content (AvgIpc) is 3.25. The third kappa shape index (κ3) is 4.44. The zero-order chi connectivity index (χ0) is 26.8. The number of piperidine rings is 1. The lowest BCUT2D eigenvalue weighted by atomic mass is 9.65. The van der Waals surface area contributed by atoms with Gasteiger partial charge in [0.15, 0.2) is 5.65 Å². The molecule has 1 aliphatic carbocycles. The number of likely N-dealkylation sites (tertiary alicyclic amines) is 1. The number of carbonyl (C=O) groups is 1. The summed E-state index contributed by atoms with van der Waals surface area (Å²) >= 11 is 12.6. The highest BCUT2D eigenvalue weighted by Crippen LogP contribution is 2.45. The first-order valence-electron chi connectivity index (χ1n) is 13.5. The molecule has 2 aliphatic heterocycles. The van der Waals surface area contributed by atoms with Crippen LogP contribution in [0.25, 0.3) is 11.2 Å². The Morgan fingerprint density at radius 1 is 1.16 bits per heavy atom. The SMILES string of the molecule is Cc1cc(N2CC([C@H]3CCCN(C4CC(C)(C(=O)O)C4)C3)C2)nc2c1nnn2[C@H](C)c1ccc(Cl)cc1Cl. The van der Waals surface area contributed by atoms with Gasteiger partial charge in [-0.2, -0.15) is 0 Å². The second kappa shape index (κ2) is 9.65. The van der Waals surface area contributed by atoms with Crippen molar-refractivity contribution in [3.63, 3.8) is 0 Å². The summed E-state index contributed by atoms with van der Waals surface area (Å²) in [5, 5.41) is 19.5. The van der Waals surface area contributed by atoms with Crippen molar-refractivity contribution >= 4 is 46.2 Å². The lowest BCUT2D eigenvalue weighted by Crippen LogP contribution is -2.58. The van der Waals surface area contributed by atoms with Crippen LogP contribution in [0.1, 0.15) is 56.7 Å². The summed E-state index contributed by atoms with van der Waals surface area (Å²) < 4.78 is 1.85. The molecule has 0 bridgehead atoms. The first kappa shape index (κ1) is 25.8. The van der Waals surface area contributed by atoms with Crippen LogP contribution in [-0.2, 0) is 4.79 Å². The molecule has 0 spiro atoms. The standard InChI is InChI=1S/C28H34Cl2N6O2/c1-16-9-24(31-26-25(16)32-33-36(26)17(2)22-7-6-20(29)10-23(22)30)35-14-19(15-35)18-5-4-8-34(13-18)21-11-28(3,12-21)27(37)38/h6-7,9-10,17-19,21H,4-5,8,11-15H2,1-3H3,(H,37,38)/t17-,18+,21?,28?/m1/s1. The van der Waals surface area contributed by atoms with Gasteiger partial charge in [0.1, 0.15) is 11.3 Å². The van der Waals surface area contributed by atoms with Crippen molar-refractivity contribution in [2.45, 2.75) is 58.5 Å². The zero-order valence-corrected chi connectivity index (χ0v) is 23.6. The van der Waals surface area contributed by atoms with Gasteiger partial charge in [-0.25, -0.2) is 9.67 Å². The molecule has 2 saturated heterocycles. The van der Waals surface area contributed by atoms with Gasteiger partial charge in [0.2, 0.25) is 0 Å². The molecule has 0 amide bonds. The van der Waals surface area contributed by atoms with E-state index >= 15 is 0 Å². The molecule has 6 rings (SSSR count). The number of fused-ring (bicyclic) bond motifs is 1. The number of rotatable bonds is 6. The molecule has 1 aromatic carbocycles. The van der Waals surface area contributed by atoms with E-state index in [9.17, 15) is 9.90 Å². The molecule has 3 aromatic rings. The van der Waals surface area contributed by atoms with Gasteiger partial charge in [-0.3, -0.25) is 4.79 Å². The van der Waals surface area contributed by atoms with E-state index in [4.69, 9.17) is 28.2 Å². The van der Waals surface area contributed by atoms with E-state index in [0.717, 1.165) is 67.1 Å². The first-order valence-corrected chi connectivity index (χ1v) is 14.3. The van der Waals surface area contributed by atoms with Crippen LogP contribution in [0, 0.1) is 24.2 Å². The molecular weight excluding hydrogens is 523 g/mol. The fraction of sp³-hybridized carbons (Fsp3) is 0.571. The molecule has 2 aromatic heterocycles. The number of carboxylic acid groups (broad SMARTS) is 1. The maximum atomic E-state index is 11.5. The lowest BCUT2D eigenvalue weighted by molar-refractivity contribution is -0.158. The minimum atomic E-state index is -0.654. The van der Waals surface area contributed by atoms with Crippen molar-refractivity contribution in [2.24, 2.45) is 17.3 Å². The van der Waals surface area contributed by atoms with Crippen molar-refractivity contribution in [1.82, 2.24) is 24.9 Å². The number of nitrogens with zero attached hydrogens (tertiary/aromatic N) is 6. The Hall–Kier alpha value is -2.42. The van der Waals surface area contributed by atoms with Crippen LogP contribution in [0.4, 0.5) is 5.82 Å². The molecular formula is C28H34Cl2N6O2. The van der Waals surface area contributed by atoms with Gasteiger partial charge in [-0.1, -0.05) is 34.5 Å². The Morgan fingerprint density at radius 2 is 1.92 bits per heavy atom. The van der Waals surface area contributed by atoms with Crippen LogP contribution < -0.4 is 4.90 Å². The van der Waals surface area contributed by atoms with Gasteiger partial charge in [-0.15, -0.1) is 5.10 Å². The number of aromatic nitrogens is 4. The highest BCUT2D eigenvalue weighted by atomic mass is 35.5. The average molecular weight is 558 g/mol. The number of anilines is 1. The molecule has 1 N–H and O–H groups in total. The van der Waals surface area contributed by atoms with Crippen molar-refractivity contribution in [1.29, 1.82) is 0 Å². The van der Waals surface area contributed by atoms with Crippen molar-refractivity contribution in [3.8, 4) is 0 Å². The second-order valence-electron chi connectivity index (χ2n) is 11.8. The van der Waals surface area contributed by atoms with Gasteiger partial charge >= 0.3 is 5.97 Å². The molecule has 0 unspecified atom stereocenters. The Balaban J connectivity index is 1.14. The fourth-order valence-electron chi connectivity index (χ4n) is 6.61. The molecule has 8 nitrogen and oxygen atoms in total. The topological polar surface area (TPSA) is 87.4 Å². The summed E-state index contributed by atoms with van der Waals surface area (Å²) in [7, 11) is 0. The highest BCUT2D eigenvalue weighted by molar-refractivity contribution is 6.35. The summed E-state index contributed by atoms with van der Waals surface area (Å²) in [6.07, 6.45) is 3.99. The summed E-state index contributed by atoms with van der Waals surface area (Å²) in [5.74, 6) is 1.60. The molecule has 38 heavy (non-hydrogen) atoms. The van der Waals surface area contributed by atoms with Crippen LogP contribution in [-0.4, -0.2) is 68.2 Å². The number of aliphatic carboxylic acids is 1. The Bertz CT molecular complexity index is 1380. The number of carboxylic acids is 1. The number of aryl methyl sites for hydroxylation is 1. The predicted molar refractivity (Wildman–Crippen MR) is 149 cm³/mol. The maximum Gasteiger partial charge on any atom is 0.309 e. The highest BCUT2D eigenvalue weighted by Gasteiger charge is 2.49. The molecule has 3 aliphatic rings. The molecule has 10 heteroatoms. The normalized spacial score (nSPS) is 27.2. The van der Waals surface area contributed by atoms with Crippen LogP contribution >= 0.6 is 23.2 Å². The van der Waals surface area contributed by atoms with Crippen molar-refractivity contribution in [3.05, 3.63) is 45.4 Å². The predicted octanol–water partition coefficient (Wildman–Crippen LogP) is 5.45. The Kier molecular flexibility index (Phi) is 6.56. The smallest absolute Gasteiger partial charge is 0.309 e. The molecule has 4 heterocycles. The van der Waals surface area contributed by atoms with Gasteiger partial charge in [0.25, 0.3) is 0 Å². The van der Waals surface area contributed by atoms with E-state index in [2.05, 4.69) is 33.1 Å². The van der Waals surface area contributed by atoms with Crippen LogP contribution in [0.2, 0.25) is 10.0 Å². The monoisotopic (exact) mass is 556 g/mol. The number of hydrogen-bond acceptors (Lipinski definition) is 6. The molecule has 202 valence electrons. The fourth-order valence-corrected chi connectivity index (χ4v) is 7.18. The zero-order valence-electron chi connectivity index (χ0n) is 22.1. The quantitative estimate of drug-likeness (QED) is 0.431. The first-order chi connectivity index (χ1) is 18.1. The van der Waals surface area contributed by atoms with Crippen LogP contribution in [0.3, 0.4) is 0 Å².